The van der Waals surface area contributed by atoms with Gasteiger partial charge in [-0.1, -0.05) is 49.6 Å². The molecular formula is C24H37N3O. The third-order valence-corrected chi connectivity index (χ3v) is 7.30. The van der Waals surface area contributed by atoms with Crippen molar-refractivity contribution in [2.75, 3.05) is 32.7 Å². The van der Waals surface area contributed by atoms with Crippen molar-refractivity contribution in [1.82, 2.24) is 15.1 Å². The van der Waals surface area contributed by atoms with Crippen molar-refractivity contribution in [3.63, 3.8) is 0 Å². The van der Waals surface area contributed by atoms with Crippen molar-refractivity contribution in [2.24, 2.45) is 0 Å². The van der Waals surface area contributed by atoms with Crippen LogP contribution in [0.25, 0.3) is 0 Å². The second-order valence-corrected chi connectivity index (χ2v) is 9.11. The molecule has 4 rings (SSSR count). The van der Waals surface area contributed by atoms with Gasteiger partial charge in [0.25, 0.3) is 0 Å². The summed E-state index contributed by atoms with van der Waals surface area (Å²) in [6.45, 7) is 5.57. The van der Waals surface area contributed by atoms with Crippen LogP contribution < -0.4 is 5.32 Å². The number of benzene rings is 1. The lowest BCUT2D eigenvalue weighted by molar-refractivity contribution is -0.136. The zero-order chi connectivity index (χ0) is 19.2. The maximum absolute atomic E-state index is 13.4. The third-order valence-electron chi connectivity index (χ3n) is 7.30. The topological polar surface area (TPSA) is 35.6 Å². The smallest absolute Gasteiger partial charge is 0.240 e. The minimum atomic E-state index is -0.195. The van der Waals surface area contributed by atoms with Gasteiger partial charge in [0.15, 0.2) is 0 Å². The Morgan fingerprint density at radius 1 is 0.929 bits per heavy atom. The maximum atomic E-state index is 13.4. The Balaban J connectivity index is 1.27. The molecule has 0 bridgehead atoms. The minimum absolute atomic E-state index is 0.195. The first-order valence-electron chi connectivity index (χ1n) is 11.6. The monoisotopic (exact) mass is 383 g/mol. The van der Waals surface area contributed by atoms with Crippen LogP contribution in [0.4, 0.5) is 0 Å². The Morgan fingerprint density at radius 3 is 2.29 bits per heavy atom. The van der Waals surface area contributed by atoms with Gasteiger partial charge in [-0.25, -0.2) is 0 Å². The highest BCUT2D eigenvalue weighted by atomic mass is 16.2. The first kappa shape index (κ1) is 19.9. The van der Waals surface area contributed by atoms with E-state index in [9.17, 15) is 4.79 Å². The summed E-state index contributed by atoms with van der Waals surface area (Å²) in [5.41, 5.74) is 1.22. The lowest BCUT2D eigenvalue weighted by Crippen LogP contribution is -2.61. The molecule has 3 fully saturated rings. The lowest BCUT2D eigenvalue weighted by atomic mass is 9.79. The number of hydrogen-bond acceptors (Lipinski definition) is 3. The molecular weight excluding hydrogens is 346 g/mol. The molecule has 1 aromatic rings. The highest BCUT2D eigenvalue weighted by Crippen LogP contribution is 2.36. The number of rotatable bonds is 6. The van der Waals surface area contributed by atoms with Crippen molar-refractivity contribution >= 4 is 5.91 Å². The van der Waals surface area contributed by atoms with E-state index in [0.717, 1.165) is 64.8 Å². The van der Waals surface area contributed by atoms with Crippen molar-refractivity contribution in [2.45, 2.75) is 75.8 Å². The van der Waals surface area contributed by atoms with Crippen LogP contribution in [0, 0.1) is 0 Å². The quantitative estimate of drug-likeness (QED) is 0.815. The molecule has 0 spiro atoms. The van der Waals surface area contributed by atoms with Crippen molar-refractivity contribution < 1.29 is 4.79 Å². The molecule has 0 aromatic heterocycles. The van der Waals surface area contributed by atoms with Crippen LogP contribution in [0.1, 0.15) is 63.4 Å². The highest BCUT2D eigenvalue weighted by molar-refractivity contribution is 5.86. The molecule has 1 aromatic carbocycles. The summed E-state index contributed by atoms with van der Waals surface area (Å²) in [6.07, 6.45) is 11.7. The first-order chi connectivity index (χ1) is 13.8. The summed E-state index contributed by atoms with van der Waals surface area (Å²) in [5, 5.41) is 3.49. The van der Waals surface area contributed by atoms with Crippen LogP contribution in [0.3, 0.4) is 0 Å². The van der Waals surface area contributed by atoms with E-state index >= 15 is 0 Å². The predicted octanol–water partition coefficient (Wildman–Crippen LogP) is 3.61. The average Bonchev–Trinajstić information content (AvgIpc) is 3.30. The van der Waals surface area contributed by atoms with Crippen LogP contribution in [-0.4, -0.2) is 60.0 Å². The summed E-state index contributed by atoms with van der Waals surface area (Å²) in [4.78, 5) is 18.5. The summed E-state index contributed by atoms with van der Waals surface area (Å²) in [5.74, 6) is 0.344. The molecule has 0 radical (unpaired) electrons. The molecule has 4 heteroatoms. The van der Waals surface area contributed by atoms with Crippen LogP contribution in [0.5, 0.6) is 0 Å². The Hall–Kier alpha value is -1.39. The number of piperidine rings is 1. The SMILES string of the molecule is O=C(NC1CCN(CCc2ccccc2)CC1)C1(N2CCCC2)CCCCC1. The molecule has 1 aliphatic carbocycles. The van der Waals surface area contributed by atoms with Crippen molar-refractivity contribution in [3.05, 3.63) is 35.9 Å². The van der Waals surface area contributed by atoms with Gasteiger partial charge in [-0.2, -0.15) is 0 Å². The second-order valence-electron chi connectivity index (χ2n) is 9.11. The van der Waals surface area contributed by atoms with Crippen LogP contribution in [0.2, 0.25) is 0 Å². The largest absolute Gasteiger partial charge is 0.352 e. The zero-order valence-electron chi connectivity index (χ0n) is 17.4. The number of carbonyl (C=O) groups excluding carboxylic acids is 1. The molecule has 154 valence electrons. The fourth-order valence-electron chi connectivity index (χ4n) is 5.52. The molecule has 0 atom stereocenters. The molecule has 2 aliphatic heterocycles. The second kappa shape index (κ2) is 9.41. The van der Waals surface area contributed by atoms with E-state index in [-0.39, 0.29) is 5.54 Å². The number of likely N-dealkylation sites (tertiary alicyclic amines) is 2. The van der Waals surface area contributed by atoms with E-state index in [0.29, 0.717) is 11.9 Å². The molecule has 0 unspecified atom stereocenters. The number of nitrogens with one attached hydrogen (secondary N) is 1. The molecule has 2 heterocycles. The first-order valence-corrected chi connectivity index (χ1v) is 11.6. The van der Waals surface area contributed by atoms with E-state index in [1.165, 1.54) is 37.7 Å². The number of carbonyl (C=O) groups is 1. The maximum Gasteiger partial charge on any atom is 0.240 e. The van der Waals surface area contributed by atoms with Gasteiger partial charge in [0, 0.05) is 25.7 Å². The van der Waals surface area contributed by atoms with E-state index in [1.54, 1.807) is 0 Å². The molecule has 4 nitrogen and oxygen atoms in total. The zero-order valence-corrected chi connectivity index (χ0v) is 17.4. The van der Waals surface area contributed by atoms with Gasteiger partial charge in [0.05, 0.1) is 0 Å². The van der Waals surface area contributed by atoms with Crippen molar-refractivity contribution in [3.8, 4) is 0 Å². The average molecular weight is 384 g/mol. The van der Waals surface area contributed by atoms with Gasteiger partial charge < -0.3 is 10.2 Å². The summed E-state index contributed by atoms with van der Waals surface area (Å²) in [6, 6.07) is 11.1. The molecule has 1 amide bonds. The Bertz CT molecular complexity index is 612. The highest BCUT2D eigenvalue weighted by Gasteiger charge is 2.45. The fraction of sp³-hybridized carbons (Fsp3) is 0.708. The Kier molecular flexibility index (Phi) is 6.69. The van der Waals surface area contributed by atoms with E-state index in [4.69, 9.17) is 0 Å². The van der Waals surface area contributed by atoms with E-state index in [2.05, 4.69) is 45.4 Å². The molecule has 1 saturated carbocycles. The predicted molar refractivity (Wildman–Crippen MR) is 114 cm³/mol. The normalized spacial score (nSPS) is 24.3. The van der Waals surface area contributed by atoms with Crippen LogP contribution in [-0.2, 0) is 11.2 Å². The van der Waals surface area contributed by atoms with Crippen LogP contribution >= 0.6 is 0 Å². The third kappa shape index (κ3) is 4.60. The fourth-order valence-corrected chi connectivity index (χ4v) is 5.52. The van der Waals surface area contributed by atoms with Gasteiger partial charge in [0.2, 0.25) is 5.91 Å². The summed E-state index contributed by atoms with van der Waals surface area (Å²) >= 11 is 0. The number of hydrogen-bond donors (Lipinski definition) is 1. The molecule has 1 N–H and O–H groups in total. The summed E-state index contributed by atoms with van der Waals surface area (Å²) < 4.78 is 0. The van der Waals surface area contributed by atoms with E-state index in [1.807, 2.05) is 0 Å². The van der Waals surface area contributed by atoms with Gasteiger partial charge in [-0.15, -0.1) is 0 Å². The van der Waals surface area contributed by atoms with Crippen LogP contribution in [0.15, 0.2) is 30.3 Å². The lowest BCUT2D eigenvalue weighted by Gasteiger charge is -2.44. The standard InChI is InChI=1S/C24H37N3O/c28-23(24(14-5-2-6-15-24)27-16-7-8-17-27)25-22-12-19-26(20-13-22)18-11-21-9-3-1-4-10-21/h1,3-4,9-10,22H,2,5-8,11-20H2,(H,25,28). The van der Waals surface area contributed by atoms with Gasteiger partial charge >= 0.3 is 0 Å². The number of amides is 1. The molecule has 3 aliphatic rings. The van der Waals surface area contributed by atoms with E-state index < -0.39 is 0 Å². The Morgan fingerprint density at radius 2 is 1.61 bits per heavy atom. The minimum Gasteiger partial charge on any atom is -0.352 e. The van der Waals surface area contributed by atoms with Gasteiger partial charge in [-0.05, 0) is 63.6 Å². The van der Waals surface area contributed by atoms with Crippen molar-refractivity contribution in [1.29, 1.82) is 0 Å². The summed E-state index contributed by atoms with van der Waals surface area (Å²) in [7, 11) is 0. The van der Waals surface area contributed by atoms with Gasteiger partial charge in [-0.3, -0.25) is 9.69 Å². The molecule has 2 saturated heterocycles. The Labute approximate surface area is 170 Å². The van der Waals surface area contributed by atoms with Gasteiger partial charge in [0.1, 0.15) is 5.54 Å². The number of nitrogens with zero attached hydrogens (tertiary/aromatic N) is 2. The molecule has 28 heavy (non-hydrogen) atoms.